The summed E-state index contributed by atoms with van der Waals surface area (Å²) >= 11 is 2.04. The van der Waals surface area contributed by atoms with Crippen molar-refractivity contribution in [3.63, 3.8) is 0 Å². The van der Waals surface area contributed by atoms with Gasteiger partial charge in [-0.25, -0.2) is 9.69 Å². The van der Waals surface area contributed by atoms with Crippen molar-refractivity contribution in [2.24, 2.45) is 0 Å². The lowest BCUT2D eigenvalue weighted by Crippen LogP contribution is -2.54. The molecule has 170 valence electrons. The van der Waals surface area contributed by atoms with E-state index in [1.807, 2.05) is 22.6 Å². The van der Waals surface area contributed by atoms with Gasteiger partial charge in [-0.3, -0.25) is 25.0 Å². The Morgan fingerprint density at radius 3 is 2.64 bits per heavy atom. The number of rotatable bonds is 8. The number of amides is 4. The second-order valence-corrected chi connectivity index (χ2v) is 7.76. The Balaban J connectivity index is 2.03. The Kier molecular flexibility index (Phi) is 7.43. The maximum absolute atomic E-state index is 13.1. The molecule has 0 aliphatic carbocycles. The van der Waals surface area contributed by atoms with Crippen LogP contribution >= 0.6 is 22.6 Å². The average molecular weight is 563 g/mol. The number of imide groups is 2. The summed E-state index contributed by atoms with van der Waals surface area (Å²) in [6.45, 7) is 6.04. The minimum atomic E-state index is -1.000. The first-order valence-electron chi connectivity index (χ1n) is 9.62. The van der Waals surface area contributed by atoms with Gasteiger partial charge in [-0.05, 0) is 59.4 Å². The number of nitro benzene ring substituents is 1. The maximum atomic E-state index is 13.1. The molecule has 0 atom stereocenters. The van der Waals surface area contributed by atoms with E-state index in [0.29, 0.717) is 32.1 Å². The summed E-state index contributed by atoms with van der Waals surface area (Å²) in [5.74, 6) is -0.892. The Morgan fingerprint density at radius 1 is 1.21 bits per heavy atom. The van der Waals surface area contributed by atoms with E-state index in [0.717, 1.165) is 6.07 Å². The van der Waals surface area contributed by atoms with Crippen molar-refractivity contribution in [1.82, 2.24) is 5.32 Å². The number of nitrogens with one attached hydrogen (secondary N) is 1. The fourth-order valence-corrected chi connectivity index (χ4v) is 3.80. The number of non-ortho nitro benzene ring substituents is 1. The number of nitro groups is 1. The molecule has 0 spiro atoms. The number of carbonyl (C=O) groups excluding carboxylic acids is 3. The average Bonchev–Trinajstić information content (AvgIpc) is 2.76. The highest BCUT2D eigenvalue weighted by molar-refractivity contribution is 14.1. The topological polar surface area (TPSA) is 128 Å². The van der Waals surface area contributed by atoms with Gasteiger partial charge >= 0.3 is 6.03 Å². The molecular weight excluding hydrogens is 545 g/mol. The fourth-order valence-electron chi connectivity index (χ4n) is 3.02. The molecule has 33 heavy (non-hydrogen) atoms. The second-order valence-electron chi connectivity index (χ2n) is 6.60. The Bertz CT molecular complexity index is 1190. The van der Waals surface area contributed by atoms with Gasteiger partial charge in [0.05, 0.1) is 20.8 Å². The largest absolute Gasteiger partial charge is 0.490 e. The molecule has 1 N–H and O–H groups in total. The summed E-state index contributed by atoms with van der Waals surface area (Å²) in [5, 5.41) is 13.2. The van der Waals surface area contributed by atoms with Crippen molar-refractivity contribution >= 4 is 57.9 Å². The number of urea groups is 1. The first-order chi connectivity index (χ1) is 15.8. The molecule has 3 rings (SSSR count). The summed E-state index contributed by atoms with van der Waals surface area (Å²) in [7, 11) is 0. The summed E-state index contributed by atoms with van der Waals surface area (Å²) < 4.78 is 12.0. The summed E-state index contributed by atoms with van der Waals surface area (Å²) in [4.78, 5) is 49.0. The predicted molar refractivity (Wildman–Crippen MR) is 128 cm³/mol. The second kappa shape index (κ2) is 10.3. The minimum absolute atomic E-state index is 0.0390. The highest BCUT2D eigenvalue weighted by Gasteiger charge is 2.37. The molecule has 0 unspecified atom stereocenters. The minimum Gasteiger partial charge on any atom is -0.490 e. The summed E-state index contributed by atoms with van der Waals surface area (Å²) in [5.41, 5.74) is -0.204. The molecule has 0 aromatic heterocycles. The summed E-state index contributed by atoms with van der Waals surface area (Å²) in [6, 6.07) is 7.29. The van der Waals surface area contributed by atoms with Crippen molar-refractivity contribution in [2.45, 2.75) is 6.92 Å². The highest BCUT2D eigenvalue weighted by atomic mass is 127. The monoisotopic (exact) mass is 563 g/mol. The SMILES string of the molecule is C=CCOc1c(I)cc(/C=C2\C(=O)NC(=O)N(c3cccc([N+](=O)[O-])c3)C2=O)cc1OCC. The zero-order chi connectivity index (χ0) is 24.1. The van der Waals surface area contributed by atoms with Crippen LogP contribution in [0.5, 0.6) is 11.5 Å². The van der Waals surface area contributed by atoms with Gasteiger partial charge in [0.2, 0.25) is 0 Å². The number of halogens is 1. The highest BCUT2D eigenvalue weighted by Crippen LogP contribution is 2.35. The third-order valence-electron chi connectivity index (χ3n) is 4.39. The molecule has 1 aliphatic heterocycles. The number of benzene rings is 2. The Morgan fingerprint density at radius 2 is 1.97 bits per heavy atom. The number of hydrogen-bond acceptors (Lipinski definition) is 7. The van der Waals surface area contributed by atoms with Gasteiger partial charge in [0.25, 0.3) is 17.5 Å². The number of ether oxygens (including phenoxy) is 2. The van der Waals surface area contributed by atoms with Gasteiger partial charge in [0.1, 0.15) is 12.2 Å². The van der Waals surface area contributed by atoms with Gasteiger partial charge in [-0.2, -0.15) is 0 Å². The molecule has 1 fully saturated rings. The van der Waals surface area contributed by atoms with E-state index < -0.39 is 22.8 Å². The molecule has 0 saturated carbocycles. The molecule has 11 heteroatoms. The quantitative estimate of drug-likeness (QED) is 0.129. The molecular formula is C22H18IN3O7. The van der Waals surface area contributed by atoms with Gasteiger partial charge in [-0.1, -0.05) is 18.7 Å². The van der Waals surface area contributed by atoms with E-state index in [1.54, 1.807) is 25.1 Å². The first kappa shape index (κ1) is 23.9. The molecule has 0 radical (unpaired) electrons. The molecule has 1 heterocycles. The van der Waals surface area contributed by atoms with Crippen molar-refractivity contribution < 1.29 is 28.8 Å². The molecule has 1 saturated heterocycles. The molecule has 1 aliphatic rings. The van der Waals surface area contributed by atoms with Crippen LogP contribution in [0.4, 0.5) is 16.2 Å². The lowest BCUT2D eigenvalue weighted by atomic mass is 10.1. The van der Waals surface area contributed by atoms with Crippen LogP contribution in [0.15, 0.2) is 54.6 Å². The Labute approximate surface area is 202 Å². The smallest absolute Gasteiger partial charge is 0.335 e. The van der Waals surface area contributed by atoms with E-state index in [4.69, 9.17) is 9.47 Å². The third kappa shape index (κ3) is 5.19. The van der Waals surface area contributed by atoms with Crippen molar-refractivity contribution in [1.29, 1.82) is 0 Å². The number of carbonyl (C=O) groups is 3. The van der Waals surface area contributed by atoms with E-state index in [-0.39, 0.29) is 23.6 Å². The Hall–Kier alpha value is -3.74. The van der Waals surface area contributed by atoms with E-state index in [2.05, 4.69) is 11.9 Å². The molecule has 2 aromatic carbocycles. The lowest BCUT2D eigenvalue weighted by Gasteiger charge is -2.26. The van der Waals surface area contributed by atoms with E-state index >= 15 is 0 Å². The number of nitrogens with zero attached hydrogens (tertiary/aromatic N) is 2. The molecule has 10 nitrogen and oxygen atoms in total. The molecule has 0 bridgehead atoms. The van der Waals surface area contributed by atoms with Crippen LogP contribution in [0, 0.1) is 13.7 Å². The lowest BCUT2D eigenvalue weighted by molar-refractivity contribution is -0.384. The van der Waals surface area contributed by atoms with Gasteiger partial charge in [0, 0.05) is 12.1 Å². The van der Waals surface area contributed by atoms with Gasteiger partial charge < -0.3 is 9.47 Å². The van der Waals surface area contributed by atoms with Crippen LogP contribution in [-0.2, 0) is 9.59 Å². The standard InChI is InChI=1S/C22H18IN3O7/c1-3-8-33-19-17(23)10-13(11-18(19)32-4-2)9-16-20(27)24-22(29)25(21(16)28)14-6-5-7-15(12-14)26(30)31/h3,5-7,9-12H,1,4,8H2,2H3,(H,24,27,29)/b16-9+. The van der Waals surface area contributed by atoms with Gasteiger partial charge in [-0.15, -0.1) is 0 Å². The molecule has 4 amide bonds. The predicted octanol–water partition coefficient (Wildman–Crippen LogP) is 3.83. The van der Waals surface area contributed by atoms with E-state index in [1.165, 1.54) is 24.3 Å². The number of barbiturate groups is 1. The summed E-state index contributed by atoms with van der Waals surface area (Å²) in [6.07, 6.45) is 2.91. The van der Waals surface area contributed by atoms with Crippen LogP contribution in [-0.4, -0.2) is 36.0 Å². The maximum Gasteiger partial charge on any atom is 0.335 e. The number of hydrogen-bond donors (Lipinski definition) is 1. The van der Waals surface area contributed by atoms with Crippen LogP contribution in [0.2, 0.25) is 0 Å². The van der Waals surface area contributed by atoms with E-state index in [9.17, 15) is 24.5 Å². The van der Waals surface area contributed by atoms with Gasteiger partial charge in [0.15, 0.2) is 11.5 Å². The number of anilines is 1. The fraction of sp³-hybridized carbons (Fsp3) is 0.136. The normalized spacial score (nSPS) is 14.8. The molecule has 2 aromatic rings. The first-order valence-corrected chi connectivity index (χ1v) is 10.7. The van der Waals surface area contributed by atoms with Crippen LogP contribution < -0.4 is 19.7 Å². The van der Waals surface area contributed by atoms with Crippen molar-refractivity contribution in [3.8, 4) is 11.5 Å². The van der Waals surface area contributed by atoms with Crippen LogP contribution in [0.3, 0.4) is 0 Å². The van der Waals surface area contributed by atoms with Crippen LogP contribution in [0.1, 0.15) is 12.5 Å². The zero-order valence-electron chi connectivity index (χ0n) is 17.4. The van der Waals surface area contributed by atoms with Crippen molar-refractivity contribution in [3.05, 3.63) is 73.9 Å². The zero-order valence-corrected chi connectivity index (χ0v) is 19.5. The van der Waals surface area contributed by atoms with Crippen LogP contribution in [0.25, 0.3) is 6.08 Å². The third-order valence-corrected chi connectivity index (χ3v) is 5.19. The van der Waals surface area contributed by atoms with Crippen molar-refractivity contribution in [2.75, 3.05) is 18.1 Å².